The molecule has 5 rings (SSSR count). The summed E-state index contributed by atoms with van der Waals surface area (Å²) in [4.78, 5) is 0. The fourth-order valence-corrected chi connectivity index (χ4v) is 7.87. The second kappa shape index (κ2) is 12.6. The van der Waals surface area contributed by atoms with E-state index in [1.807, 2.05) is 24.3 Å². The number of para-hydroxylation sites is 1. The third-order valence-corrected chi connectivity index (χ3v) is 10.5. The zero-order valence-corrected chi connectivity index (χ0v) is 22.5. The maximum absolute atomic E-state index is 6.34. The van der Waals surface area contributed by atoms with E-state index in [2.05, 4.69) is 122 Å². The monoisotopic (exact) mass is 524 g/mol. The van der Waals surface area contributed by atoms with Crippen LogP contribution in [0.25, 0.3) is 11.1 Å². The minimum absolute atomic E-state index is 0. The molecule has 0 atom stereocenters. The van der Waals surface area contributed by atoms with E-state index in [4.69, 9.17) is 9.47 Å². The molecular weight excluding hydrogens is 495 g/mol. The molecule has 0 radical (unpaired) electrons. The Hall–Kier alpha value is -3.58. The van der Waals surface area contributed by atoms with Crippen LogP contribution in [0.5, 0.6) is 11.5 Å². The van der Waals surface area contributed by atoms with Gasteiger partial charge in [0.2, 0.25) is 0 Å². The number of ether oxygens (including phenoxy) is 2. The molecule has 0 aliphatic carbocycles. The second-order valence-electron chi connectivity index (χ2n) is 8.73. The van der Waals surface area contributed by atoms with Crippen LogP contribution in [0, 0.1) is 0 Å². The van der Waals surface area contributed by atoms with Crippen molar-refractivity contribution in [2.45, 2.75) is 0 Å². The molecule has 5 aromatic carbocycles. The van der Waals surface area contributed by atoms with Gasteiger partial charge < -0.3 is 21.9 Å². The Morgan fingerprint density at radius 3 is 1.54 bits per heavy atom. The molecule has 0 saturated carbocycles. The van der Waals surface area contributed by atoms with E-state index in [0.717, 1.165) is 11.5 Å². The van der Waals surface area contributed by atoms with Crippen molar-refractivity contribution in [3.05, 3.63) is 140 Å². The summed E-state index contributed by atoms with van der Waals surface area (Å²) in [5, 5.41) is 3.92. The quantitative estimate of drug-likeness (QED) is 0.216. The standard InChI is InChI=1S/C33H30O2P.ClH/c1-36(30-15-7-3-8-16-30,31-17-9-4-10-18-31)33-20-12-11-19-32(33)35-26-25-34-29-23-21-28(22-24-29)27-13-5-2-6-14-27;/h2-24H,25-26H2,1H3;1H/q+1;/p-1. The molecular formula is C33H30ClO2P. The van der Waals surface area contributed by atoms with Crippen molar-refractivity contribution in [3.63, 3.8) is 0 Å². The minimum Gasteiger partial charge on any atom is -1.00 e. The van der Waals surface area contributed by atoms with Crippen molar-refractivity contribution in [1.29, 1.82) is 0 Å². The van der Waals surface area contributed by atoms with Crippen LogP contribution in [0.1, 0.15) is 0 Å². The van der Waals surface area contributed by atoms with Gasteiger partial charge in [0, 0.05) is 0 Å². The van der Waals surface area contributed by atoms with Gasteiger partial charge in [-0.2, -0.15) is 0 Å². The maximum Gasteiger partial charge on any atom is 0.162 e. The predicted molar refractivity (Wildman–Crippen MR) is 154 cm³/mol. The SMILES string of the molecule is C[P+](c1ccccc1)(c1ccccc1)c1ccccc1OCCOc1ccc(-c2ccccc2)cc1.[Cl-]. The first-order valence-corrected chi connectivity index (χ1v) is 14.5. The maximum atomic E-state index is 6.34. The highest BCUT2D eigenvalue weighted by atomic mass is 35.5. The van der Waals surface area contributed by atoms with E-state index in [1.54, 1.807) is 0 Å². The summed E-state index contributed by atoms with van der Waals surface area (Å²) >= 11 is 0. The Kier molecular flexibility index (Phi) is 9.01. The van der Waals surface area contributed by atoms with Crippen molar-refractivity contribution in [3.8, 4) is 22.6 Å². The Morgan fingerprint density at radius 1 is 0.486 bits per heavy atom. The molecule has 0 saturated heterocycles. The molecule has 0 fully saturated rings. The van der Waals surface area contributed by atoms with Crippen LogP contribution in [0.15, 0.2) is 140 Å². The molecule has 0 spiro atoms. The van der Waals surface area contributed by atoms with Gasteiger partial charge in [-0.05, 0) is 59.7 Å². The van der Waals surface area contributed by atoms with Crippen molar-refractivity contribution < 1.29 is 21.9 Å². The van der Waals surface area contributed by atoms with Crippen LogP contribution in [-0.4, -0.2) is 19.9 Å². The molecule has 0 aromatic heterocycles. The smallest absolute Gasteiger partial charge is 0.162 e. The first-order chi connectivity index (χ1) is 17.7. The summed E-state index contributed by atoms with van der Waals surface area (Å²) in [5.74, 6) is 1.77. The number of hydrogen-bond donors (Lipinski definition) is 0. The van der Waals surface area contributed by atoms with Crippen LogP contribution in [0.2, 0.25) is 0 Å². The van der Waals surface area contributed by atoms with Crippen molar-refractivity contribution >= 4 is 23.2 Å². The molecule has 5 aromatic rings. The molecule has 4 heteroatoms. The van der Waals surface area contributed by atoms with Crippen molar-refractivity contribution in [1.82, 2.24) is 0 Å². The first-order valence-electron chi connectivity index (χ1n) is 12.2. The van der Waals surface area contributed by atoms with E-state index in [1.165, 1.54) is 27.0 Å². The molecule has 0 bridgehead atoms. The summed E-state index contributed by atoms with van der Waals surface area (Å²) in [7, 11) is -1.87. The highest BCUT2D eigenvalue weighted by Crippen LogP contribution is 2.53. The summed E-state index contributed by atoms with van der Waals surface area (Å²) in [6, 6.07) is 48.6. The summed E-state index contributed by atoms with van der Waals surface area (Å²) in [5.41, 5.74) is 2.38. The molecule has 0 aliphatic heterocycles. The summed E-state index contributed by atoms with van der Waals surface area (Å²) in [6.45, 7) is 3.33. The van der Waals surface area contributed by atoms with Crippen LogP contribution in [0.4, 0.5) is 0 Å². The van der Waals surface area contributed by atoms with E-state index in [0.29, 0.717) is 13.2 Å². The highest BCUT2D eigenvalue weighted by molar-refractivity contribution is 7.95. The molecule has 0 aliphatic rings. The lowest BCUT2D eigenvalue weighted by Crippen LogP contribution is -3.00. The lowest BCUT2D eigenvalue weighted by atomic mass is 10.1. The molecule has 186 valence electrons. The van der Waals surface area contributed by atoms with Crippen molar-refractivity contribution in [2.24, 2.45) is 0 Å². The average Bonchev–Trinajstić information content (AvgIpc) is 2.97. The van der Waals surface area contributed by atoms with E-state index >= 15 is 0 Å². The average molecular weight is 525 g/mol. The fraction of sp³-hybridized carbons (Fsp3) is 0.0909. The van der Waals surface area contributed by atoms with Gasteiger partial charge >= 0.3 is 0 Å². The highest BCUT2D eigenvalue weighted by Gasteiger charge is 2.42. The Bertz CT molecular complexity index is 1340. The van der Waals surface area contributed by atoms with Gasteiger partial charge in [0.05, 0.1) is 6.66 Å². The largest absolute Gasteiger partial charge is 1.00 e. The lowest BCUT2D eigenvalue weighted by molar-refractivity contribution is -0.00000767. The zero-order valence-electron chi connectivity index (χ0n) is 20.8. The van der Waals surface area contributed by atoms with Gasteiger partial charge in [-0.3, -0.25) is 0 Å². The molecule has 37 heavy (non-hydrogen) atoms. The second-order valence-corrected chi connectivity index (χ2v) is 12.3. The van der Waals surface area contributed by atoms with Crippen LogP contribution < -0.4 is 37.8 Å². The third-order valence-electron chi connectivity index (χ3n) is 6.46. The van der Waals surface area contributed by atoms with Gasteiger partial charge in [0.1, 0.15) is 42.1 Å². The van der Waals surface area contributed by atoms with Gasteiger partial charge in [0.15, 0.2) is 5.75 Å². The molecule has 2 nitrogen and oxygen atoms in total. The van der Waals surface area contributed by atoms with Crippen molar-refractivity contribution in [2.75, 3.05) is 19.9 Å². The Balaban J connectivity index is 0.00000320. The number of benzene rings is 5. The molecule has 0 unspecified atom stereocenters. The van der Waals surface area contributed by atoms with E-state index in [9.17, 15) is 0 Å². The number of hydrogen-bond acceptors (Lipinski definition) is 2. The predicted octanol–water partition coefficient (Wildman–Crippen LogP) is 3.74. The molecule has 0 amide bonds. The normalized spacial score (nSPS) is 10.8. The minimum atomic E-state index is -1.87. The van der Waals surface area contributed by atoms with Gasteiger partial charge in [-0.25, -0.2) is 0 Å². The van der Waals surface area contributed by atoms with Crippen LogP contribution in [0.3, 0.4) is 0 Å². The van der Waals surface area contributed by atoms with Gasteiger partial charge in [-0.1, -0.05) is 91.0 Å². The van der Waals surface area contributed by atoms with Crippen LogP contribution in [-0.2, 0) is 0 Å². The lowest BCUT2D eigenvalue weighted by Gasteiger charge is -2.25. The van der Waals surface area contributed by atoms with Crippen LogP contribution >= 0.6 is 7.26 Å². The molecule has 0 heterocycles. The first kappa shape index (κ1) is 26.5. The summed E-state index contributed by atoms with van der Waals surface area (Å²) < 4.78 is 12.3. The third kappa shape index (κ3) is 6.05. The summed E-state index contributed by atoms with van der Waals surface area (Å²) in [6.07, 6.45) is 0. The number of halogens is 1. The molecule has 0 N–H and O–H groups in total. The number of rotatable bonds is 9. The zero-order chi connectivity index (χ0) is 24.6. The fourth-order valence-electron chi connectivity index (χ4n) is 4.51. The van der Waals surface area contributed by atoms with E-state index < -0.39 is 7.26 Å². The Labute approximate surface area is 226 Å². The van der Waals surface area contributed by atoms with E-state index in [-0.39, 0.29) is 12.4 Å². The Morgan fingerprint density at radius 2 is 0.946 bits per heavy atom. The van der Waals surface area contributed by atoms with Gasteiger partial charge in [-0.15, -0.1) is 0 Å². The van der Waals surface area contributed by atoms with Gasteiger partial charge in [0.25, 0.3) is 0 Å². The topological polar surface area (TPSA) is 18.5 Å².